The summed E-state index contributed by atoms with van der Waals surface area (Å²) in [6.45, 7) is 2.13. The highest BCUT2D eigenvalue weighted by Gasteiger charge is 2.01. The molecule has 1 nitrogen and oxygen atoms in total. The molecule has 0 aromatic heterocycles. The molecule has 0 aliphatic carbocycles. The Labute approximate surface area is 62.5 Å². The van der Waals surface area contributed by atoms with Crippen LogP contribution in [0.4, 0.5) is 0 Å². The number of nitrogens with zero attached hydrogens (tertiary/aromatic N) is 1. The van der Waals surface area contributed by atoms with Crippen LogP contribution in [-0.4, -0.2) is 5.75 Å². The van der Waals surface area contributed by atoms with Gasteiger partial charge in [0.05, 0.1) is 12.0 Å². The van der Waals surface area contributed by atoms with Crippen LogP contribution in [0.15, 0.2) is 0 Å². The van der Waals surface area contributed by atoms with E-state index in [1.807, 2.05) is 0 Å². The first kappa shape index (κ1) is 8.84. The minimum absolute atomic E-state index is 0.174. The van der Waals surface area contributed by atoms with E-state index in [-0.39, 0.29) is 5.92 Å². The summed E-state index contributed by atoms with van der Waals surface area (Å²) in [5, 5.41) is 8.45. The molecule has 52 valence electrons. The molecule has 0 N–H and O–H groups in total. The molecule has 0 radical (unpaired) electrons. The van der Waals surface area contributed by atoms with Gasteiger partial charge in [0.2, 0.25) is 0 Å². The van der Waals surface area contributed by atoms with Gasteiger partial charge in [-0.05, 0) is 6.42 Å². The molecule has 0 rings (SSSR count). The molecule has 0 saturated heterocycles. The summed E-state index contributed by atoms with van der Waals surface area (Å²) >= 11 is 4.05. The van der Waals surface area contributed by atoms with E-state index in [0.29, 0.717) is 5.75 Å². The molecule has 0 heterocycles. The third-order valence-electron chi connectivity index (χ3n) is 1.31. The third kappa shape index (κ3) is 4.35. The largest absolute Gasteiger partial charge is 0.198 e. The van der Waals surface area contributed by atoms with Crippen LogP contribution in [0.3, 0.4) is 0 Å². The zero-order valence-corrected chi connectivity index (χ0v) is 6.69. The third-order valence-corrected chi connectivity index (χ3v) is 1.75. The van der Waals surface area contributed by atoms with Crippen molar-refractivity contribution in [3.63, 3.8) is 0 Å². The van der Waals surface area contributed by atoms with Crippen molar-refractivity contribution in [1.29, 1.82) is 5.26 Å². The summed E-state index contributed by atoms with van der Waals surface area (Å²) in [7, 11) is 0. The van der Waals surface area contributed by atoms with Gasteiger partial charge in [-0.25, -0.2) is 0 Å². The van der Waals surface area contributed by atoms with Gasteiger partial charge in [0.25, 0.3) is 0 Å². The van der Waals surface area contributed by atoms with Crippen molar-refractivity contribution in [3.8, 4) is 6.07 Å². The predicted molar refractivity (Wildman–Crippen MR) is 42.5 cm³/mol. The lowest BCUT2D eigenvalue weighted by Gasteiger charge is -2.01. The summed E-state index contributed by atoms with van der Waals surface area (Å²) in [5.74, 6) is 0.879. The van der Waals surface area contributed by atoms with Crippen LogP contribution in [0.1, 0.15) is 26.2 Å². The van der Waals surface area contributed by atoms with Gasteiger partial charge in [0.1, 0.15) is 0 Å². The minimum Gasteiger partial charge on any atom is -0.198 e. The van der Waals surface area contributed by atoms with Crippen molar-refractivity contribution in [3.05, 3.63) is 0 Å². The van der Waals surface area contributed by atoms with Crippen molar-refractivity contribution < 1.29 is 0 Å². The van der Waals surface area contributed by atoms with Gasteiger partial charge >= 0.3 is 0 Å². The van der Waals surface area contributed by atoms with Crippen LogP contribution < -0.4 is 0 Å². The van der Waals surface area contributed by atoms with Gasteiger partial charge < -0.3 is 0 Å². The van der Waals surface area contributed by atoms with Crippen LogP contribution in [0.5, 0.6) is 0 Å². The summed E-state index contributed by atoms with van der Waals surface area (Å²) in [6, 6.07) is 2.21. The fourth-order valence-electron chi connectivity index (χ4n) is 0.647. The first-order chi connectivity index (χ1) is 4.35. The molecule has 0 aromatic rings. The second kappa shape index (κ2) is 5.97. The van der Waals surface area contributed by atoms with E-state index in [0.717, 1.165) is 12.8 Å². The van der Waals surface area contributed by atoms with Crippen LogP contribution >= 0.6 is 12.6 Å². The van der Waals surface area contributed by atoms with Gasteiger partial charge in [-0.1, -0.05) is 19.8 Å². The van der Waals surface area contributed by atoms with E-state index in [4.69, 9.17) is 5.26 Å². The van der Waals surface area contributed by atoms with Gasteiger partial charge in [0.15, 0.2) is 0 Å². The highest BCUT2D eigenvalue weighted by Crippen LogP contribution is 2.07. The van der Waals surface area contributed by atoms with E-state index >= 15 is 0 Å². The molecular formula is C7H13NS. The quantitative estimate of drug-likeness (QED) is 0.599. The van der Waals surface area contributed by atoms with E-state index in [2.05, 4.69) is 25.6 Å². The number of rotatable bonds is 4. The minimum atomic E-state index is 0.174. The Kier molecular flexibility index (Phi) is 5.86. The Hall–Kier alpha value is -0.160. The lowest BCUT2D eigenvalue weighted by molar-refractivity contribution is 0.616. The second-order valence-corrected chi connectivity index (χ2v) is 2.52. The summed E-state index contributed by atoms with van der Waals surface area (Å²) in [5.41, 5.74) is 0. The SMILES string of the molecule is CCCCC(C#N)CS. The average molecular weight is 143 g/mol. The maximum atomic E-state index is 8.45. The Morgan fingerprint density at radius 1 is 1.67 bits per heavy atom. The van der Waals surface area contributed by atoms with Crippen LogP contribution in [0, 0.1) is 17.2 Å². The molecule has 0 aliphatic heterocycles. The standard InChI is InChI=1S/C7H13NS/c1-2-3-4-7(5-8)6-9/h7,9H,2-4,6H2,1H3. The average Bonchev–Trinajstić information content (AvgIpc) is 1.91. The first-order valence-electron chi connectivity index (χ1n) is 3.35. The van der Waals surface area contributed by atoms with Crippen LogP contribution in [0.25, 0.3) is 0 Å². The van der Waals surface area contributed by atoms with Crippen molar-refractivity contribution in [2.24, 2.45) is 5.92 Å². The number of hydrogen-bond donors (Lipinski definition) is 1. The molecule has 2 heteroatoms. The molecule has 0 fully saturated rings. The van der Waals surface area contributed by atoms with Gasteiger partial charge in [-0.15, -0.1) is 0 Å². The molecule has 1 unspecified atom stereocenters. The van der Waals surface area contributed by atoms with E-state index in [1.54, 1.807) is 0 Å². The molecule has 0 spiro atoms. The van der Waals surface area contributed by atoms with E-state index < -0.39 is 0 Å². The molecule has 0 bridgehead atoms. The maximum absolute atomic E-state index is 8.45. The summed E-state index contributed by atoms with van der Waals surface area (Å²) < 4.78 is 0. The molecule has 0 amide bonds. The fraction of sp³-hybridized carbons (Fsp3) is 0.857. The number of hydrogen-bond acceptors (Lipinski definition) is 2. The van der Waals surface area contributed by atoms with Crippen LogP contribution in [-0.2, 0) is 0 Å². The Morgan fingerprint density at radius 3 is 2.67 bits per heavy atom. The van der Waals surface area contributed by atoms with E-state index in [1.165, 1.54) is 6.42 Å². The Balaban J connectivity index is 3.23. The lowest BCUT2D eigenvalue weighted by atomic mass is 10.1. The molecular weight excluding hydrogens is 130 g/mol. The second-order valence-electron chi connectivity index (χ2n) is 2.15. The zero-order chi connectivity index (χ0) is 7.11. The normalized spacial score (nSPS) is 12.6. The monoisotopic (exact) mass is 143 g/mol. The first-order valence-corrected chi connectivity index (χ1v) is 3.98. The molecule has 0 aliphatic rings. The number of unbranched alkanes of at least 4 members (excludes halogenated alkanes) is 1. The number of nitriles is 1. The number of thiol groups is 1. The highest BCUT2D eigenvalue weighted by molar-refractivity contribution is 7.80. The highest BCUT2D eigenvalue weighted by atomic mass is 32.1. The fourth-order valence-corrected chi connectivity index (χ4v) is 0.911. The lowest BCUT2D eigenvalue weighted by Crippen LogP contribution is -1.97. The Bertz CT molecular complexity index is 95.6. The predicted octanol–water partition coefficient (Wildman–Crippen LogP) is 2.25. The summed E-state index contributed by atoms with van der Waals surface area (Å²) in [4.78, 5) is 0. The Morgan fingerprint density at radius 2 is 2.33 bits per heavy atom. The molecule has 0 saturated carbocycles. The van der Waals surface area contributed by atoms with Crippen molar-refractivity contribution >= 4 is 12.6 Å². The van der Waals surface area contributed by atoms with Gasteiger partial charge in [-0.3, -0.25) is 0 Å². The van der Waals surface area contributed by atoms with E-state index in [9.17, 15) is 0 Å². The zero-order valence-electron chi connectivity index (χ0n) is 5.80. The van der Waals surface area contributed by atoms with Crippen molar-refractivity contribution in [2.75, 3.05) is 5.75 Å². The summed E-state index contributed by atoms with van der Waals surface area (Å²) in [6.07, 6.45) is 3.33. The van der Waals surface area contributed by atoms with Crippen molar-refractivity contribution in [1.82, 2.24) is 0 Å². The topological polar surface area (TPSA) is 23.8 Å². The van der Waals surface area contributed by atoms with Crippen LogP contribution in [0.2, 0.25) is 0 Å². The van der Waals surface area contributed by atoms with Crippen molar-refractivity contribution in [2.45, 2.75) is 26.2 Å². The molecule has 1 atom stereocenters. The molecule has 9 heavy (non-hydrogen) atoms. The van der Waals surface area contributed by atoms with Gasteiger partial charge in [0, 0.05) is 5.75 Å². The molecule has 0 aromatic carbocycles. The van der Waals surface area contributed by atoms with Gasteiger partial charge in [-0.2, -0.15) is 17.9 Å². The smallest absolute Gasteiger partial charge is 0.0664 e. The maximum Gasteiger partial charge on any atom is 0.0664 e.